The first-order valence-electron chi connectivity index (χ1n) is 6.76. The number of nitrogen functional groups attached to an aromatic ring is 1. The maximum absolute atomic E-state index is 5.89. The molecule has 100 valence electrons. The zero-order valence-electron chi connectivity index (χ0n) is 11.0. The molecule has 0 spiro atoms. The number of H-pyrrole nitrogens is 1. The van der Waals surface area contributed by atoms with Crippen LogP contribution in [0.3, 0.4) is 0 Å². The zero-order valence-corrected chi connectivity index (χ0v) is 11.0. The summed E-state index contributed by atoms with van der Waals surface area (Å²) in [6.45, 7) is 0. The molecule has 0 bridgehead atoms. The van der Waals surface area contributed by atoms with Crippen molar-refractivity contribution in [3.63, 3.8) is 0 Å². The molecule has 3 aromatic rings. The maximum atomic E-state index is 5.89. The number of rotatable bonds is 3. The molecule has 5 nitrogen and oxygen atoms in total. The highest BCUT2D eigenvalue weighted by Crippen LogP contribution is 2.40. The van der Waals surface area contributed by atoms with Crippen LogP contribution < -0.4 is 5.73 Å². The van der Waals surface area contributed by atoms with Crippen LogP contribution in [0.5, 0.6) is 0 Å². The van der Waals surface area contributed by atoms with Gasteiger partial charge in [-0.3, -0.25) is 5.10 Å². The molecular weight excluding hydrogens is 250 g/mol. The zero-order chi connectivity index (χ0) is 13.5. The SMILES string of the molecule is Nc1[nH]ncc1-c1cccc(-n2nccc2C2CC2)c1. The van der Waals surface area contributed by atoms with Crippen LogP contribution >= 0.6 is 0 Å². The third-order valence-corrected chi connectivity index (χ3v) is 3.74. The second-order valence-corrected chi connectivity index (χ2v) is 5.19. The summed E-state index contributed by atoms with van der Waals surface area (Å²) in [7, 11) is 0. The van der Waals surface area contributed by atoms with Gasteiger partial charge in [-0.05, 0) is 36.6 Å². The average Bonchev–Trinajstić information content (AvgIpc) is 3.04. The number of aromatic nitrogens is 4. The number of nitrogens with two attached hydrogens (primary N) is 1. The number of hydrogen-bond donors (Lipinski definition) is 2. The Kier molecular flexibility index (Phi) is 2.39. The van der Waals surface area contributed by atoms with Gasteiger partial charge in [0, 0.05) is 23.4 Å². The van der Waals surface area contributed by atoms with Crippen molar-refractivity contribution in [3.05, 3.63) is 48.4 Å². The molecule has 1 aliphatic rings. The van der Waals surface area contributed by atoms with Crippen molar-refractivity contribution in [3.8, 4) is 16.8 Å². The van der Waals surface area contributed by atoms with Crippen LogP contribution in [0, 0.1) is 0 Å². The number of aromatic amines is 1. The predicted octanol–water partition coefficient (Wildman–Crippen LogP) is 2.72. The van der Waals surface area contributed by atoms with Gasteiger partial charge in [0.2, 0.25) is 0 Å². The molecule has 20 heavy (non-hydrogen) atoms. The molecule has 0 radical (unpaired) electrons. The summed E-state index contributed by atoms with van der Waals surface area (Å²) in [5.41, 5.74) is 10.2. The van der Waals surface area contributed by atoms with Gasteiger partial charge in [-0.15, -0.1) is 0 Å². The average molecular weight is 265 g/mol. The first kappa shape index (κ1) is 11.3. The summed E-state index contributed by atoms with van der Waals surface area (Å²) in [4.78, 5) is 0. The van der Waals surface area contributed by atoms with Gasteiger partial charge in [0.15, 0.2) is 0 Å². The predicted molar refractivity (Wildman–Crippen MR) is 77.5 cm³/mol. The molecule has 0 saturated heterocycles. The van der Waals surface area contributed by atoms with E-state index < -0.39 is 0 Å². The second-order valence-electron chi connectivity index (χ2n) is 5.19. The van der Waals surface area contributed by atoms with Gasteiger partial charge in [0.1, 0.15) is 5.82 Å². The van der Waals surface area contributed by atoms with Crippen LogP contribution in [0.25, 0.3) is 16.8 Å². The molecular formula is C15H15N5. The van der Waals surface area contributed by atoms with E-state index >= 15 is 0 Å². The normalized spacial score (nSPS) is 14.6. The van der Waals surface area contributed by atoms with Crippen molar-refractivity contribution in [1.82, 2.24) is 20.0 Å². The van der Waals surface area contributed by atoms with E-state index in [-0.39, 0.29) is 0 Å². The lowest BCUT2D eigenvalue weighted by atomic mass is 10.1. The molecule has 1 aliphatic carbocycles. The summed E-state index contributed by atoms with van der Waals surface area (Å²) < 4.78 is 2.03. The number of benzene rings is 1. The molecule has 3 N–H and O–H groups in total. The molecule has 0 amide bonds. The quantitative estimate of drug-likeness (QED) is 0.764. The van der Waals surface area contributed by atoms with E-state index in [0.717, 1.165) is 16.8 Å². The van der Waals surface area contributed by atoms with Crippen molar-refractivity contribution in [2.75, 3.05) is 5.73 Å². The minimum Gasteiger partial charge on any atom is -0.384 e. The molecule has 1 saturated carbocycles. The van der Waals surface area contributed by atoms with Gasteiger partial charge >= 0.3 is 0 Å². The van der Waals surface area contributed by atoms with Crippen molar-refractivity contribution < 1.29 is 0 Å². The van der Waals surface area contributed by atoms with Crippen LogP contribution in [0.15, 0.2) is 42.7 Å². The lowest BCUT2D eigenvalue weighted by molar-refractivity contribution is 0.808. The topological polar surface area (TPSA) is 72.5 Å². The van der Waals surface area contributed by atoms with Crippen molar-refractivity contribution in [2.45, 2.75) is 18.8 Å². The Hall–Kier alpha value is -2.56. The summed E-state index contributed by atoms with van der Waals surface area (Å²) >= 11 is 0. The van der Waals surface area contributed by atoms with Crippen molar-refractivity contribution >= 4 is 5.82 Å². The molecule has 4 rings (SSSR count). The van der Waals surface area contributed by atoms with Gasteiger partial charge in [0.25, 0.3) is 0 Å². The third-order valence-electron chi connectivity index (χ3n) is 3.74. The van der Waals surface area contributed by atoms with Crippen LogP contribution in [-0.4, -0.2) is 20.0 Å². The minimum absolute atomic E-state index is 0.588. The number of nitrogens with one attached hydrogen (secondary N) is 1. The largest absolute Gasteiger partial charge is 0.384 e. The lowest BCUT2D eigenvalue weighted by Gasteiger charge is -2.08. The van der Waals surface area contributed by atoms with Gasteiger partial charge in [0.05, 0.1) is 11.9 Å². The Labute approximate surface area is 116 Å². The highest BCUT2D eigenvalue weighted by molar-refractivity contribution is 5.74. The minimum atomic E-state index is 0.588. The fraction of sp³-hybridized carbons (Fsp3) is 0.200. The number of nitrogens with zero attached hydrogens (tertiary/aromatic N) is 3. The lowest BCUT2D eigenvalue weighted by Crippen LogP contribution is -2.01. The van der Waals surface area contributed by atoms with E-state index in [2.05, 4.69) is 33.5 Å². The molecule has 0 atom stereocenters. The first-order valence-corrected chi connectivity index (χ1v) is 6.76. The van der Waals surface area contributed by atoms with Crippen LogP contribution in [0.2, 0.25) is 0 Å². The van der Waals surface area contributed by atoms with Gasteiger partial charge < -0.3 is 5.73 Å². The van der Waals surface area contributed by atoms with Crippen LogP contribution in [0.4, 0.5) is 5.82 Å². The monoisotopic (exact) mass is 265 g/mol. The Morgan fingerprint density at radius 1 is 1.25 bits per heavy atom. The molecule has 1 fully saturated rings. The molecule has 0 aliphatic heterocycles. The Balaban J connectivity index is 1.79. The molecule has 1 aromatic carbocycles. The summed E-state index contributed by atoms with van der Waals surface area (Å²) in [5.74, 6) is 1.25. The summed E-state index contributed by atoms with van der Waals surface area (Å²) in [5, 5.41) is 11.2. The molecule has 2 aromatic heterocycles. The van der Waals surface area contributed by atoms with E-state index in [1.807, 2.05) is 23.0 Å². The summed E-state index contributed by atoms with van der Waals surface area (Å²) in [6, 6.07) is 10.3. The van der Waals surface area contributed by atoms with E-state index in [4.69, 9.17) is 5.73 Å². The highest BCUT2D eigenvalue weighted by Gasteiger charge is 2.27. The fourth-order valence-electron chi connectivity index (χ4n) is 2.55. The van der Waals surface area contributed by atoms with Crippen LogP contribution in [0.1, 0.15) is 24.5 Å². The third kappa shape index (κ3) is 1.79. The van der Waals surface area contributed by atoms with Crippen molar-refractivity contribution in [1.29, 1.82) is 0 Å². The molecule has 5 heteroatoms. The number of hydrogen-bond acceptors (Lipinski definition) is 3. The van der Waals surface area contributed by atoms with E-state index in [1.165, 1.54) is 18.5 Å². The molecule has 0 unspecified atom stereocenters. The second kappa shape index (κ2) is 4.23. The standard InChI is InChI=1S/C15H15N5/c16-15-13(9-17-19-15)11-2-1-3-12(8-11)20-14(6-7-18-20)10-4-5-10/h1-3,6-10H,4-5H2,(H3,16,17,19). The fourth-order valence-corrected chi connectivity index (χ4v) is 2.55. The Bertz CT molecular complexity index is 751. The van der Waals surface area contributed by atoms with E-state index in [0.29, 0.717) is 11.7 Å². The highest BCUT2D eigenvalue weighted by atomic mass is 15.3. The maximum Gasteiger partial charge on any atom is 0.126 e. The van der Waals surface area contributed by atoms with E-state index in [1.54, 1.807) is 6.20 Å². The van der Waals surface area contributed by atoms with Gasteiger partial charge in [-0.1, -0.05) is 12.1 Å². The Morgan fingerprint density at radius 3 is 2.90 bits per heavy atom. The smallest absolute Gasteiger partial charge is 0.126 e. The van der Waals surface area contributed by atoms with Gasteiger partial charge in [-0.2, -0.15) is 10.2 Å². The van der Waals surface area contributed by atoms with Crippen LogP contribution in [-0.2, 0) is 0 Å². The van der Waals surface area contributed by atoms with Crippen molar-refractivity contribution in [2.24, 2.45) is 0 Å². The first-order chi connectivity index (χ1) is 9.83. The summed E-state index contributed by atoms with van der Waals surface area (Å²) in [6.07, 6.45) is 6.14. The number of anilines is 1. The van der Waals surface area contributed by atoms with E-state index in [9.17, 15) is 0 Å². The van der Waals surface area contributed by atoms with Gasteiger partial charge in [-0.25, -0.2) is 4.68 Å². The molecule has 2 heterocycles. The Morgan fingerprint density at radius 2 is 2.15 bits per heavy atom.